The van der Waals surface area contributed by atoms with Gasteiger partial charge in [-0.2, -0.15) is 0 Å². The summed E-state index contributed by atoms with van der Waals surface area (Å²) in [5, 5.41) is 1.57. The Hall–Kier alpha value is 0.897. The van der Waals surface area contributed by atoms with Crippen molar-refractivity contribution in [2.45, 2.75) is 25.8 Å². The molecule has 0 fully saturated rings. The van der Waals surface area contributed by atoms with Gasteiger partial charge in [0.25, 0.3) is 0 Å². The minimum absolute atomic E-state index is 1.16. The minimum Gasteiger partial charge on any atom is -0.0984 e. The Morgan fingerprint density at radius 2 is 1.77 bits per heavy atom. The van der Waals surface area contributed by atoms with Crippen LogP contribution in [0.3, 0.4) is 0 Å². The summed E-state index contributed by atoms with van der Waals surface area (Å²) in [7, 11) is 0. The average molecular weight is 416 g/mol. The molecule has 0 saturated heterocycles. The molecule has 0 atom stereocenters. The number of halogens is 2. The van der Waals surface area contributed by atoms with Crippen molar-refractivity contribution < 1.29 is 0 Å². The fourth-order valence-electron chi connectivity index (χ4n) is 1.23. The van der Waals surface area contributed by atoms with Crippen LogP contribution in [0.2, 0.25) is 6.04 Å². The van der Waals surface area contributed by atoms with Crippen LogP contribution in [0, 0.1) is 0 Å². The van der Waals surface area contributed by atoms with E-state index in [0.29, 0.717) is 0 Å². The lowest BCUT2D eigenvalue weighted by atomic mass is 10.4. The van der Waals surface area contributed by atoms with Crippen molar-refractivity contribution in [1.29, 1.82) is 0 Å². The zero-order valence-electron chi connectivity index (χ0n) is 7.76. The maximum atomic E-state index is 2.69. The van der Waals surface area contributed by atoms with E-state index in [1.165, 1.54) is 18.9 Å². The Bertz CT molecular complexity index is 246. The summed E-state index contributed by atoms with van der Waals surface area (Å²) in [6.07, 6.45) is 2.68. The van der Waals surface area contributed by atoms with Gasteiger partial charge in [0, 0.05) is 0 Å². The number of rotatable bonds is 4. The molecule has 0 saturated carbocycles. The fraction of sp³-hybridized carbons (Fsp3) is 0.400. The smallest absolute Gasteiger partial charge is 0.0984 e. The van der Waals surface area contributed by atoms with E-state index in [2.05, 4.69) is 80.8 Å². The molecule has 1 rings (SSSR count). The maximum absolute atomic E-state index is 2.69. The summed E-state index contributed by atoms with van der Waals surface area (Å²) >= 11 is 5.38. The van der Waals surface area contributed by atoms with Gasteiger partial charge in [0.2, 0.25) is 3.07 Å². The summed E-state index contributed by atoms with van der Waals surface area (Å²) < 4.78 is -1.16. The van der Waals surface area contributed by atoms with Crippen LogP contribution >= 0.6 is 43.6 Å². The average Bonchev–Trinajstić information content (AvgIpc) is 2.16. The first kappa shape index (κ1) is 12.0. The summed E-state index contributed by atoms with van der Waals surface area (Å²) in [5.74, 6) is 0. The second-order valence-electron chi connectivity index (χ2n) is 3.17. The first-order chi connectivity index (χ1) is 6.17. The van der Waals surface area contributed by atoms with Crippen molar-refractivity contribution in [2.24, 2.45) is 0 Å². The van der Waals surface area contributed by atoms with E-state index in [9.17, 15) is 0 Å². The molecule has 0 amide bonds. The van der Waals surface area contributed by atoms with E-state index in [-0.39, 0.29) is 0 Å². The maximum Gasteiger partial charge on any atom is 0.221 e. The van der Waals surface area contributed by atoms with Gasteiger partial charge in [0.15, 0.2) is 0 Å². The molecule has 0 aliphatic carbocycles. The molecule has 0 heterocycles. The largest absolute Gasteiger partial charge is 0.221 e. The molecule has 0 aliphatic rings. The lowest BCUT2D eigenvalue weighted by Crippen LogP contribution is -2.34. The standard InChI is InChI=1S/C10H14I2Si/c1-2-3-9-13(11,12)10-7-5-4-6-8-10/h4-8H,2-3,9H2,1H3. The highest BCUT2D eigenvalue weighted by atomic mass is 127. The molecule has 13 heavy (non-hydrogen) atoms. The van der Waals surface area contributed by atoms with Gasteiger partial charge in [0.1, 0.15) is 0 Å². The van der Waals surface area contributed by atoms with E-state index < -0.39 is 3.07 Å². The van der Waals surface area contributed by atoms with Crippen molar-refractivity contribution in [1.82, 2.24) is 0 Å². The topological polar surface area (TPSA) is 0 Å². The third-order valence-electron chi connectivity index (χ3n) is 2.04. The van der Waals surface area contributed by atoms with Crippen LogP contribution < -0.4 is 5.19 Å². The molecule has 0 nitrogen and oxygen atoms in total. The third-order valence-corrected chi connectivity index (χ3v) is 11.2. The molecular formula is C10H14I2Si. The highest BCUT2D eigenvalue weighted by Gasteiger charge is 2.27. The van der Waals surface area contributed by atoms with Crippen molar-refractivity contribution in [2.75, 3.05) is 0 Å². The minimum atomic E-state index is -1.16. The zero-order valence-corrected chi connectivity index (χ0v) is 13.1. The van der Waals surface area contributed by atoms with Crippen LogP contribution in [-0.2, 0) is 0 Å². The molecule has 0 aromatic heterocycles. The normalized spacial score (nSPS) is 11.6. The molecular weight excluding hydrogens is 402 g/mol. The molecule has 0 N–H and O–H groups in total. The second-order valence-corrected chi connectivity index (χ2v) is 22.9. The van der Waals surface area contributed by atoms with E-state index in [0.717, 1.165) is 0 Å². The van der Waals surface area contributed by atoms with E-state index in [1.807, 2.05) is 0 Å². The monoisotopic (exact) mass is 416 g/mol. The van der Waals surface area contributed by atoms with E-state index >= 15 is 0 Å². The SMILES string of the molecule is CCCC[Si](I)(I)c1ccccc1. The van der Waals surface area contributed by atoms with Gasteiger partial charge in [0.05, 0.1) is 0 Å². The Morgan fingerprint density at radius 3 is 2.31 bits per heavy atom. The van der Waals surface area contributed by atoms with Gasteiger partial charge >= 0.3 is 0 Å². The van der Waals surface area contributed by atoms with Crippen molar-refractivity contribution in [3.05, 3.63) is 30.3 Å². The van der Waals surface area contributed by atoms with Crippen LogP contribution in [0.25, 0.3) is 0 Å². The van der Waals surface area contributed by atoms with Crippen molar-refractivity contribution in [3.63, 3.8) is 0 Å². The van der Waals surface area contributed by atoms with Crippen molar-refractivity contribution in [3.8, 4) is 0 Å². The summed E-state index contributed by atoms with van der Waals surface area (Å²) in [4.78, 5) is 0. The van der Waals surface area contributed by atoms with E-state index in [4.69, 9.17) is 0 Å². The molecule has 1 aromatic carbocycles. The molecule has 72 valence electrons. The Labute approximate surface area is 107 Å². The van der Waals surface area contributed by atoms with Crippen molar-refractivity contribution >= 4 is 51.8 Å². The molecule has 0 radical (unpaired) electrons. The van der Waals surface area contributed by atoms with Crippen LogP contribution in [0.15, 0.2) is 30.3 Å². The molecule has 0 aliphatic heterocycles. The molecule has 1 aromatic rings. The van der Waals surface area contributed by atoms with Gasteiger partial charge in [-0.25, -0.2) is 0 Å². The van der Waals surface area contributed by atoms with Gasteiger partial charge in [-0.3, -0.25) is 0 Å². The quantitative estimate of drug-likeness (QED) is 0.396. The lowest BCUT2D eigenvalue weighted by Gasteiger charge is -2.17. The first-order valence-electron chi connectivity index (χ1n) is 4.60. The summed E-state index contributed by atoms with van der Waals surface area (Å²) in [6.45, 7) is 2.27. The number of hydrogen-bond donors (Lipinski definition) is 0. The number of hydrogen-bond acceptors (Lipinski definition) is 0. The van der Waals surface area contributed by atoms with Gasteiger partial charge in [-0.15, -0.1) is 0 Å². The molecule has 0 bridgehead atoms. The Kier molecular flexibility index (Phi) is 5.25. The Morgan fingerprint density at radius 1 is 1.15 bits per heavy atom. The number of benzene rings is 1. The fourth-order valence-corrected chi connectivity index (χ4v) is 7.44. The van der Waals surface area contributed by atoms with Crippen LogP contribution in [0.5, 0.6) is 0 Å². The third kappa shape index (κ3) is 3.87. The molecule has 0 spiro atoms. The van der Waals surface area contributed by atoms with Crippen LogP contribution in [-0.4, -0.2) is 3.07 Å². The lowest BCUT2D eigenvalue weighted by molar-refractivity contribution is 0.880. The van der Waals surface area contributed by atoms with E-state index in [1.54, 1.807) is 5.19 Å². The summed E-state index contributed by atoms with van der Waals surface area (Å²) in [6, 6.07) is 12.4. The second kappa shape index (κ2) is 5.70. The predicted octanol–water partition coefficient (Wildman–Crippen LogP) is 4.01. The first-order valence-corrected chi connectivity index (χ1v) is 13.0. The predicted molar refractivity (Wildman–Crippen MR) is 79.6 cm³/mol. The zero-order chi connectivity index (χ0) is 9.73. The number of unbranched alkanes of at least 4 members (excludes halogenated alkanes) is 1. The van der Waals surface area contributed by atoms with Gasteiger partial charge in [-0.05, 0) is 11.2 Å². The van der Waals surface area contributed by atoms with Gasteiger partial charge < -0.3 is 0 Å². The molecule has 3 heteroatoms. The highest BCUT2D eigenvalue weighted by molar-refractivity contribution is 14.3. The van der Waals surface area contributed by atoms with Gasteiger partial charge in [-0.1, -0.05) is 93.7 Å². The summed E-state index contributed by atoms with van der Waals surface area (Å²) in [5.41, 5.74) is 0. The van der Waals surface area contributed by atoms with Crippen LogP contribution in [0.4, 0.5) is 0 Å². The molecule has 0 unspecified atom stereocenters. The highest BCUT2D eigenvalue weighted by Crippen LogP contribution is 2.28. The Balaban J connectivity index is 2.69. The van der Waals surface area contributed by atoms with Crippen LogP contribution in [0.1, 0.15) is 19.8 Å².